The lowest BCUT2D eigenvalue weighted by atomic mass is 9.98. The number of fused-ring (bicyclic) bond motifs is 1. The number of ether oxygens (including phenoxy) is 1. The first-order chi connectivity index (χ1) is 15.2. The smallest absolute Gasteiger partial charge is 0.282 e. The third-order valence-corrected chi connectivity index (χ3v) is 5.83. The lowest BCUT2D eigenvalue weighted by Crippen LogP contribution is -2.37. The van der Waals surface area contributed by atoms with Crippen LogP contribution in [-0.4, -0.2) is 25.5 Å². The van der Waals surface area contributed by atoms with Crippen LogP contribution in [0.5, 0.6) is 5.75 Å². The minimum Gasteiger partial charge on any atom is -0.497 e. The van der Waals surface area contributed by atoms with Crippen LogP contribution >= 0.6 is 0 Å². The van der Waals surface area contributed by atoms with Crippen LogP contribution in [0.4, 0.5) is 11.4 Å². The highest BCUT2D eigenvalue weighted by Gasteiger charge is 2.43. The summed E-state index contributed by atoms with van der Waals surface area (Å²) in [5.41, 5.74) is 4.35. The zero-order chi connectivity index (χ0) is 21.4. The molecule has 5 nitrogen and oxygen atoms in total. The molecular weight excluding hydrogens is 388 g/mol. The Morgan fingerprint density at radius 3 is 2.26 bits per heavy atom. The summed E-state index contributed by atoms with van der Waals surface area (Å²) in [5.74, 6) is 0.0643. The van der Waals surface area contributed by atoms with Crippen LogP contribution in [0, 0.1) is 0 Å². The summed E-state index contributed by atoms with van der Waals surface area (Å²) < 4.78 is 5.22. The number of hydrogen-bond donors (Lipinski definition) is 0. The molecule has 0 fully saturated rings. The predicted molar refractivity (Wildman–Crippen MR) is 121 cm³/mol. The topological polar surface area (TPSA) is 49.9 Å². The van der Waals surface area contributed by atoms with E-state index in [9.17, 15) is 9.59 Å². The number of carbonyl (C=O) groups excluding carboxylic acids is 2. The summed E-state index contributed by atoms with van der Waals surface area (Å²) in [4.78, 5) is 30.7. The largest absolute Gasteiger partial charge is 0.497 e. The second-order valence-corrected chi connectivity index (χ2v) is 7.62. The number of para-hydroxylation sites is 1. The van der Waals surface area contributed by atoms with Gasteiger partial charge in [0.2, 0.25) is 0 Å². The van der Waals surface area contributed by atoms with Gasteiger partial charge in [0, 0.05) is 12.2 Å². The van der Waals surface area contributed by atoms with Gasteiger partial charge < -0.3 is 9.64 Å². The molecule has 2 heterocycles. The average Bonchev–Trinajstić information content (AvgIpc) is 3.09. The Labute approximate surface area is 181 Å². The number of imide groups is 1. The molecule has 0 atom stereocenters. The molecule has 5 heteroatoms. The molecule has 3 aromatic rings. The van der Waals surface area contributed by atoms with E-state index in [0.29, 0.717) is 29.3 Å². The summed E-state index contributed by atoms with van der Waals surface area (Å²) in [6, 6.07) is 24.5. The molecular formula is C26H22N2O3. The fourth-order valence-electron chi connectivity index (χ4n) is 4.37. The van der Waals surface area contributed by atoms with Gasteiger partial charge >= 0.3 is 0 Å². The van der Waals surface area contributed by atoms with E-state index in [4.69, 9.17) is 4.74 Å². The van der Waals surface area contributed by atoms with Crippen LogP contribution in [0.2, 0.25) is 0 Å². The molecule has 0 saturated carbocycles. The van der Waals surface area contributed by atoms with Crippen molar-refractivity contribution in [2.24, 2.45) is 0 Å². The molecule has 0 unspecified atom stereocenters. The van der Waals surface area contributed by atoms with Crippen LogP contribution in [0.1, 0.15) is 17.5 Å². The quantitative estimate of drug-likeness (QED) is 0.597. The molecule has 2 amide bonds. The van der Waals surface area contributed by atoms with Crippen LogP contribution in [0.15, 0.2) is 84.6 Å². The lowest BCUT2D eigenvalue weighted by Gasteiger charge is -2.32. The van der Waals surface area contributed by atoms with Crippen molar-refractivity contribution in [3.63, 3.8) is 0 Å². The van der Waals surface area contributed by atoms with E-state index in [-0.39, 0.29) is 11.8 Å². The highest BCUT2D eigenvalue weighted by molar-refractivity contribution is 6.46. The first kappa shape index (κ1) is 19.1. The van der Waals surface area contributed by atoms with Crippen molar-refractivity contribution in [2.45, 2.75) is 12.8 Å². The van der Waals surface area contributed by atoms with Gasteiger partial charge in [0.25, 0.3) is 11.8 Å². The lowest BCUT2D eigenvalue weighted by molar-refractivity contribution is -0.120. The number of amides is 2. The van der Waals surface area contributed by atoms with E-state index in [1.165, 1.54) is 10.5 Å². The van der Waals surface area contributed by atoms with Gasteiger partial charge in [-0.05, 0) is 54.3 Å². The third kappa shape index (κ3) is 3.19. The van der Waals surface area contributed by atoms with Crippen molar-refractivity contribution in [3.05, 3.63) is 95.7 Å². The molecule has 154 valence electrons. The summed E-state index contributed by atoms with van der Waals surface area (Å²) in [5, 5.41) is 0. The van der Waals surface area contributed by atoms with Crippen molar-refractivity contribution in [2.75, 3.05) is 23.5 Å². The second-order valence-electron chi connectivity index (χ2n) is 7.62. The van der Waals surface area contributed by atoms with E-state index >= 15 is 0 Å². The number of methoxy groups -OCH3 is 1. The van der Waals surface area contributed by atoms with Crippen molar-refractivity contribution in [1.29, 1.82) is 0 Å². The summed E-state index contributed by atoms with van der Waals surface area (Å²) >= 11 is 0. The summed E-state index contributed by atoms with van der Waals surface area (Å²) in [6.07, 6.45) is 1.89. The minimum atomic E-state index is -0.306. The summed E-state index contributed by atoms with van der Waals surface area (Å²) in [6.45, 7) is 0.693. The van der Waals surface area contributed by atoms with Gasteiger partial charge in [-0.2, -0.15) is 0 Å². The molecule has 0 radical (unpaired) electrons. The SMILES string of the molecule is COc1ccc(N2C(=O)C(c3ccccc3)=C(N3CCCc4ccccc43)C2=O)cc1. The van der Waals surface area contributed by atoms with E-state index in [2.05, 4.69) is 6.07 Å². The van der Waals surface area contributed by atoms with Crippen molar-refractivity contribution < 1.29 is 14.3 Å². The van der Waals surface area contributed by atoms with Crippen molar-refractivity contribution >= 4 is 28.8 Å². The van der Waals surface area contributed by atoms with Gasteiger partial charge in [-0.3, -0.25) is 9.59 Å². The van der Waals surface area contributed by atoms with Gasteiger partial charge in [0.05, 0.1) is 18.4 Å². The van der Waals surface area contributed by atoms with E-state index in [0.717, 1.165) is 24.1 Å². The van der Waals surface area contributed by atoms with Gasteiger partial charge in [-0.15, -0.1) is 0 Å². The molecule has 0 saturated heterocycles. The first-order valence-electron chi connectivity index (χ1n) is 10.4. The van der Waals surface area contributed by atoms with Crippen molar-refractivity contribution in [1.82, 2.24) is 0 Å². The monoisotopic (exact) mass is 410 g/mol. The number of hydrogen-bond acceptors (Lipinski definition) is 4. The first-order valence-corrected chi connectivity index (χ1v) is 10.4. The Hall–Kier alpha value is -3.86. The Kier molecular flexibility index (Phi) is 4.79. The number of carbonyl (C=O) groups is 2. The van der Waals surface area contributed by atoms with Crippen LogP contribution in [0.25, 0.3) is 5.57 Å². The Balaban J connectivity index is 1.66. The fraction of sp³-hybridized carbons (Fsp3) is 0.154. The molecule has 0 N–H and O–H groups in total. The Morgan fingerprint density at radius 1 is 0.806 bits per heavy atom. The zero-order valence-electron chi connectivity index (χ0n) is 17.2. The Morgan fingerprint density at radius 2 is 1.52 bits per heavy atom. The number of aryl methyl sites for hydroxylation is 1. The molecule has 31 heavy (non-hydrogen) atoms. The zero-order valence-corrected chi connectivity index (χ0v) is 17.2. The van der Waals surface area contributed by atoms with Gasteiger partial charge in [-0.25, -0.2) is 4.90 Å². The second kappa shape index (κ2) is 7.76. The number of rotatable bonds is 4. The van der Waals surface area contributed by atoms with E-state index in [1.807, 2.05) is 53.4 Å². The molecule has 5 rings (SSSR count). The maximum atomic E-state index is 13.7. The van der Waals surface area contributed by atoms with Crippen LogP contribution < -0.4 is 14.5 Å². The maximum Gasteiger partial charge on any atom is 0.282 e. The number of anilines is 2. The van der Waals surface area contributed by atoms with Gasteiger partial charge in [-0.1, -0.05) is 48.5 Å². The van der Waals surface area contributed by atoms with Gasteiger partial charge in [0.15, 0.2) is 0 Å². The van der Waals surface area contributed by atoms with E-state index < -0.39 is 0 Å². The van der Waals surface area contributed by atoms with Crippen LogP contribution in [-0.2, 0) is 16.0 Å². The minimum absolute atomic E-state index is 0.300. The summed E-state index contributed by atoms with van der Waals surface area (Å²) in [7, 11) is 1.59. The molecule has 0 bridgehead atoms. The highest BCUT2D eigenvalue weighted by atomic mass is 16.5. The number of nitrogens with zero attached hydrogens (tertiary/aromatic N) is 2. The third-order valence-electron chi connectivity index (χ3n) is 5.83. The highest BCUT2D eigenvalue weighted by Crippen LogP contribution is 2.39. The van der Waals surface area contributed by atoms with E-state index in [1.54, 1.807) is 31.4 Å². The molecule has 0 aliphatic carbocycles. The number of benzene rings is 3. The standard InChI is InChI=1S/C26H22N2O3/c1-31-21-15-13-20(14-16-21)28-25(29)23(19-9-3-2-4-10-19)24(26(28)30)27-17-7-11-18-8-5-6-12-22(18)27/h2-6,8-10,12-16H,7,11,17H2,1H3. The Bertz CT molecular complexity index is 1180. The molecule has 0 spiro atoms. The van der Waals surface area contributed by atoms with Gasteiger partial charge in [0.1, 0.15) is 11.4 Å². The fourth-order valence-corrected chi connectivity index (χ4v) is 4.37. The van der Waals surface area contributed by atoms with Crippen molar-refractivity contribution in [3.8, 4) is 5.75 Å². The van der Waals surface area contributed by atoms with Crippen LogP contribution in [0.3, 0.4) is 0 Å². The molecule has 2 aliphatic rings. The molecule has 3 aromatic carbocycles. The normalized spacial score (nSPS) is 16.0. The predicted octanol–water partition coefficient (Wildman–Crippen LogP) is 4.43. The molecule has 0 aromatic heterocycles. The molecule has 2 aliphatic heterocycles. The average molecular weight is 410 g/mol. The maximum absolute atomic E-state index is 13.7.